The van der Waals surface area contributed by atoms with Crippen molar-refractivity contribution in [2.24, 2.45) is 5.92 Å². The number of fused-ring (bicyclic) bond motifs is 1. The third-order valence-electron chi connectivity index (χ3n) is 3.82. The molecule has 0 radical (unpaired) electrons. The second-order valence-corrected chi connectivity index (χ2v) is 5.59. The Labute approximate surface area is 111 Å². The molecule has 2 aromatic rings. The number of aromatic amines is 1. The number of benzene rings is 1. The number of nitrogens with one attached hydrogen (secondary N) is 1. The number of hydrogen-bond acceptors (Lipinski definition) is 1. The van der Waals surface area contributed by atoms with E-state index < -0.39 is 0 Å². The lowest BCUT2D eigenvalue weighted by Crippen LogP contribution is -2.09. The lowest BCUT2D eigenvalue weighted by molar-refractivity contribution is 0.434. The molecule has 1 fully saturated rings. The highest BCUT2D eigenvalue weighted by Gasteiger charge is 2.26. The number of imidazole rings is 1. The molecule has 1 atom stereocenters. The first-order chi connectivity index (χ1) is 8.69. The Balaban J connectivity index is 2.10. The Morgan fingerprint density at radius 1 is 1.50 bits per heavy atom. The molecule has 0 saturated heterocycles. The molecule has 1 aromatic heterocycles. The summed E-state index contributed by atoms with van der Waals surface area (Å²) in [6.45, 7) is 2.17. The van der Waals surface area contributed by atoms with Crippen LogP contribution in [0.15, 0.2) is 18.2 Å². The van der Waals surface area contributed by atoms with E-state index in [1.54, 1.807) is 12.1 Å². The summed E-state index contributed by atoms with van der Waals surface area (Å²) in [5.74, 6) is 0.641. The van der Waals surface area contributed by atoms with Gasteiger partial charge in [0.25, 0.3) is 0 Å². The van der Waals surface area contributed by atoms with Gasteiger partial charge in [-0.15, -0.1) is 0 Å². The van der Waals surface area contributed by atoms with E-state index in [4.69, 9.17) is 12.2 Å². The predicted octanol–water partition coefficient (Wildman–Crippen LogP) is 4.59. The third-order valence-corrected chi connectivity index (χ3v) is 4.12. The molecular formula is C14H17FN2S. The Morgan fingerprint density at radius 3 is 2.94 bits per heavy atom. The summed E-state index contributed by atoms with van der Waals surface area (Å²) in [4.78, 5) is 3.17. The van der Waals surface area contributed by atoms with Gasteiger partial charge in [0.1, 0.15) is 5.82 Å². The molecule has 3 rings (SSSR count). The zero-order chi connectivity index (χ0) is 12.7. The van der Waals surface area contributed by atoms with E-state index in [-0.39, 0.29) is 5.82 Å². The average molecular weight is 264 g/mol. The van der Waals surface area contributed by atoms with Crippen LogP contribution in [-0.4, -0.2) is 9.55 Å². The van der Waals surface area contributed by atoms with Gasteiger partial charge in [0, 0.05) is 6.04 Å². The molecule has 1 saturated carbocycles. The molecule has 1 heterocycles. The largest absolute Gasteiger partial charge is 0.331 e. The van der Waals surface area contributed by atoms with Crippen molar-refractivity contribution in [3.8, 4) is 0 Å². The van der Waals surface area contributed by atoms with Crippen LogP contribution in [0.3, 0.4) is 0 Å². The summed E-state index contributed by atoms with van der Waals surface area (Å²) >= 11 is 5.40. The van der Waals surface area contributed by atoms with E-state index in [1.165, 1.54) is 18.9 Å². The van der Waals surface area contributed by atoms with Crippen LogP contribution in [0.4, 0.5) is 4.39 Å². The van der Waals surface area contributed by atoms with Crippen LogP contribution < -0.4 is 0 Å². The lowest BCUT2D eigenvalue weighted by Gasteiger charge is -2.17. The van der Waals surface area contributed by atoms with Crippen molar-refractivity contribution in [3.05, 3.63) is 28.8 Å². The average Bonchev–Trinajstić information content (AvgIpc) is 3.10. The number of nitrogens with zero attached hydrogens (tertiary/aromatic N) is 1. The topological polar surface area (TPSA) is 20.7 Å². The Morgan fingerprint density at radius 2 is 2.28 bits per heavy atom. The number of hydrogen-bond donors (Lipinski definition) is 1. The second kappa shape index (κ2) is 4.50. The molecule has 1 unspecified atom stereocenters. The first kappa shape index (κ1) is 11.9. The van der Waals surface area contributed by atoms with Crippen LogP contribution in [0.5, 0.6) is 0 Å². The van der Waals surface area contributed by atoms with Gasteiger partial charge in [0.2, 0.25) is 0 Å². The van der Waals surface area contributed by atoms with E-state index >= 15 is 0 Å². The van der Waals surface area contributed by atoms with E-state index in [2.05, 4.69) is 16.5 Å². The van der Waals surface area contributed by atoms with E-state index in [0.29, 0.717) is 10.8 Å². The van der Waals surface area contributed by atoms with Crippen molar-refractivity contribution in [2.45, 2.75) is 38.6 Å². The van der Waals surface area contributed by atoms with Gasteiger partial charge in [-0.2, -0.15) is 0 Å². The molecule has 1 aliphatic carbocycles. The van der Waals surface area contributed by atoms with Crippen molar-refractivity contribution in [2.75, 3.05) is 0 Å². The van der Waals surface area contributed by atoms with Crippen molar-refractivity contribution in [1.29, 1.82) is 0 Å². The minimum atomic E-state index is -0.202. The van der Waals surface area contributed by atoms with Crippen LogP contribution >= 0.6 is 12.2 Å². The van der Waals surface area contributed by atoms with Crippen LogP contribution in [0, 0.1) is 16.5 Å². The quantitative estimate of drug-likeness (QED) is 0.801. The van der Waals surface area contributed by atoms with Crippen LogP contribution in [-0.2, 0) is 0 Å². The zero-order valence-electron chi connectivity index (χ0n) is 10.4. The molecule has 0 amide bonds. The van der Waals surface area contributed by atoms with Crippen molar-refractivity contribution >= 4 is 23.3 Å². The van der Waals surface area contributed by atoms with Gasteiger partial charge in [-0.05, 0) is 49.2 Å². The van der Waals surface area contributed by atoms with Gasteiger partial charge in [-0.1, -0.05) is 19.8 Å². The lowest BCUT2D eigenvalue weighted by atomic mass is 10.1. The summed E-state index contributed by atoms with van der Waals surface area (Å²) in [6, 6.07) is 5.21. The minimum Gasteiger partial charge on any atom is -0.331 e. The molecule has 1 N–H and O–H groups in total. The highest BCUT2D eigenvalue weighted by Crippen LogP contribution is 2.38. The summed E-state index contributed by atoms with van der Waals surface area (Å²) in [5, 5.41) is 0. The van der Waals surface area contributed by atoms with Gasteiger partial charge >= 0.3 is 0 Å². The fraction of sp³-hybridized carbons (Fsp3) is 0.500. The maximum absolute atomic E-state index is 13.4. The Kier molecular flexibility index (Phi) is 2.98. The smallest absolute Gasteiger partial charge is 0.178 e. The molecule has 2 nitrogen and oxygen atoms in total. The van der Waals surface area contributed by atoms with Crippen molar-refractivity contribution in [1.82, 2.24) is 9.55 Å². The van der Waals surface area contributed by atoms with Gasteiger partial charge in [-0.3, -0.25) is 0 Å². The Bertz CT molecular complexity index is 624. The monoisotopic (exact) mass is 264 g/mol. The molecular weight excluding hydrogens is 247 g/mol. The standard InChI is InChI=1S/C14H17FN2S/c1-2-11(7-9-3-4-9)17-13-8-10(15)5-6-12(13)16-14(17)18/h5-6,8-9,11H,2-4,7H2,1H3,(H,16,18). The number of aromatic nitrogens is 2. The molecule has 0 bridgehead atoms. The predicted molar refractivity (Wildman–Crippen MR) is 73.7 cm³/mol. The third kappa shape index (κ3) is 2.09. The summed E-state index contributed by atoms with van der Waals surface area (Å²) in [5.41, 5.74) is 1.82. The minimum absolute atomic E-state index is 0.202. The SMILES string of the molecule is CCC(CC1CC1)n1c(=S)[nH]c2ccc(F)cc21. The Hall–Kier alpha value is -1.16. The van der Waals surface area contributed by atoms with E-state index in [1.807, 2.05) is 0 Å². The van der Waals surface area contributed by atoms with Gasteiger partial charge in [-0.25, -0.2) is 4.39 Å². The molecule has 0 aliphatic heterocycles. The fourth-order valence-corrected chi connectivity index (χ4v) is 3.01. The van der Waals surface area contributed by atoms with Crippen LogP contribution in [0.25, 0.3) is 11.0 Å². The zero-order valence-corrected chi connectivity index (χ0v) is 11.3. The van der Waals surface area contributed by atoms with Crippen LogP contribution in [0.2, 0.25) is 0 Å². The van der Waals surface area contributed by atoms with Gasteiger partial charge in [0.15, 0.2) is 4.77 Å². The maximum Gasteiger partial charge on any atom is 0.178 e. The van der Waals surface area contributed by atoms with Crippen molar-refractivity contribution in [3.63, 3.8) is 0 Å². The highest BCUT2D eigenvalue weighted by molar-refractivity contribution is 7.71. The van der Waals surface area contributed by atoms with Gasteiger partial charge < -0.3 is 9.55 Å². The molecule has 1 aliphatic rings. The number of halogens is 1. The molecule has 18 heavy (non-hydrogen) atoms. The normalized spacial score (nSPS) is 17.2. The summed E-state index contributed by atoms with van der Waals surface area (Å²) in [6.07, 6.45) is 4.86. The first-order valence-corrected chi connectivity index (χ1v) is 6.99. The molecule has 1 aromatic carbocycles. The van der Waals surface area contributed by atoms with E-state index in [9.17, 15) is 4.39 Å². The van der Waals surface area contributed by atoms with E-state index in [0.717, 1.165) is 29.8 Å². The summed E-state index contributed by atoms with van der Waals surface area (Å²) in [7, 11) is 0. The van der Waals surface area contributed by atoms with Crippen molar-refractivity contribution < 1.29 is 4.39 Å². The molecule has 0 spiro atoms. The maximum atomic E-state index is 13.4. The molecule has 96 valence electrons. The highest BCUT2D eigenvalue weighted by atomic mass is 32.1. The number of H-pyrrole nitrogens is 1. The molecule has 4 heteroatoms. The summed E-state index contributed by atoms with van der Waals surface area (Å²) < 4.78 is 16.2. The first-order valence-electron chi connectivity index (χ1n) is 6.58. The number of rotatable bonds is 4. The van der Waals surface area contributed by atoms with Gasteiger partial charge in [0.05, 0.1) is 11.0 Å². The fourth-order valence-electron chi connectivity index (χ4n) is 2.65. The second-order valence-electron chi connectivity index (χ2n) is 5.20. The van der Waals surface area contributed by atoms with Crippen LogP contribution in [0.1, 0.15) is 38.6 Å².